The molecule has 0 bridgehead atoms. The molecule has 3 heteroatoms. The molecule has 1 nitrogen and oxygen atoms in total. The molecule has 0 spiro atoms. The Morgan fingerprint density at radius 1 is 1.22 bits per heavy atom. The number of ether oxygens (including phenoxy) is 1. The Labute approximate surface area is 122 Å². The highest BCUT2D eigenvalue weighted by Gasteiger charge is 2.19. The monoisotopic (exact) mass is 362 g/mol. The SMILES string of the molecule is Fc1ccccc1C(CI)OCC1CCCCC1. The predicted molar refractivity (Wildman–Crippen MR) is 80.6 cm³/mol. The van der Waals surface area contributed by atoms with Gasteiger partial charge in [-0.3, -0.25) is 0 Å². The van der Waals surface area contributed by atoms with Crippen LogP contribution in [0, 0.1) is 11.7 Å². The zero-order chi connectivity index (χ0) is 12.8. The maximum absolute atomic E-state index is 13.7. The number of hydrogen-bond donors (Lipinski definition) is 0. The second-order valence-corrected chi connectivity index (χ2v) is 5.88. The van der Waals surface area contributed by atoms with E-state index in [1.54, 1.807) is 6.07 Å². The van der Waals surface area contributed by atoms with Gasteiger partial charge in [0, 0.05) is 9.99 Å². The molecule has 1 saturated carbocycles. The van der Waals surface area contributed by atoms with Crippen molar-refractivity contribution in [1.82, 2.24) is 0 Å². The lowest BCUT2D eigenvalue weighted by Crippen LogP contribution is -2.17. The Morgan fingerprint density at radius 2 is 1.94 bits per heavy atom. The maximum Gasteiger partial charge on any atom is 0.129 e. The zero-order valence-electron chi connectivity index (χ0n) is 10.6. The summed E-state index contributed by atoms with van der Waals surface area (Å²) in [6.07, 6.45) is 6.44. The van der Waals surface area contributed by atoms with Gasteiger partial charge >= 0.3 is 0 Å². The van der Waals surface area contributed by atoms with Crippen LogP contribution < -0.4 is 0 Å². The first kappa shape index (κ1) is 14.3. The van der Waals surface area contributed by atoms with E-state index in [1.807, 2.05) is 12.1 Å². The molecule has 100 valence electrons. The molecule has 1 aromatic carbocycles. The molecule has 18 heavy (non-hydrogen) atoms. The number of hydrogen-bond acceptors (Lipinski definition) is 1. The Hall–Kier alpha value is -0.160. The summed E-state index contributed by atoms with van der Waals surface area (Å²) in [7, 11) is 0. The minimum absolute atomic E-state index is 0.103. The standard InChI is InChI=1S/C15H20FIO/c16-14-9-5-4-8-13(14)15(10-17)18-11-12-6-2-1-3-7-12/h4-5,8-9,12,15H,1-3,6-7,10-11H2. The van der Waals surface area contributed by atoms with Gasteiger partial charge in [-0.25, -0.2) is 4.39 Å². The average Bonchev–Trinajstić information content (AvgIpc) is 2.42. The molecular weight excluding hydrogens is 342 g/mol. The lowest BCUT2D eigenvalue weighted by atomic mass is 9.90. The third kappa shape index (κ3) is 3.92. The van der Waals surface area contributed by atoms with Crippen molar-refractivity contribution in [2.45, 2.75) is 38.2 Å². The maximum atomic E-state index is 13.7. The van der Waals surface area contributed by atoms with Gasteiger partial charge in [0.05, 0.1) is 12.7 Å². The Balaban J connectivity index is 1.91. The molecule has 0 aromatic heterocycles. The number of halogens is 2. The summed E-state index contributed by atoms with van der Waals surface area (Å²) in [6.45, 7) is 0.780. The molecule has 1 aliphatic carbocycles. The molecule has 1 atom stereocenters. The molecule has 0 aliphatic heterocycles. The van der Waals surface area contributed by atoms with E-state index in [0.717, 1.165) is 11.0 Å². The second kappa shape index (κ2) is 7.43. The fourth-order valence-electron chi connectivity index (χ4n) is 2.56. The highest BCUT2D eigenvalue weighted by molar-refractivity contribution is 14.1. The van der Waals surface area contributed by atoms with Crippen LogP contribution in [0.5, 0.6) is 0 Å². The van der Waals surface area contributed by atoms with Crippen LogP contribution in [0.1, 0.15) is 43.8 Å². The Bertz CT molecular complexity index is 363. The third-order valence-corrected chi connectivity index (χ3v) is 4.45. The van der Waals surface area contributed by atoms with Crippen molar-refractivity contribution >= 4 is 22.6 Å². The Kier molecular flexibility index (Phi) is 5.89. The summed E-state index contributed by atoms with van der Waals surface area (Å²) in [6, 6.07) is 6.95. The van der Waals surface area contributed by atoms with Crippen LogP contribution in [0.2, 0.25) is 0 Å². The van der Waals surface area contributed by atoms with E-state index < -0.39 is 0 Å². The summed E-state index contributed by atoms with van der Waals surface area (Å²) >= 11 is 2.27. The first-order valence-corrected chi connectivity index (χ1v) is 8.26. The first-order chi connectivity index (χ1) is 8.81. The molecule has 0 heterocycles. The lowest BCUT2D eigenvalue weighted by Gasteiger charge is -2.24. The van der Waals surface area contributed by atoms with Crippen LogP contribution in [-0.4, -0.2) is 11.0 Å². The van der Waals surface area contributed by atoms with E-state index in [4.69, 9.17) is 4.74 Å². The van der Waals surface area contributed by atoms with E-state index >= 15 is 0 Å². The van der Waals surface area contributed by atoms with Gasteiger partial charge in [0.25, 0.3) is 0 Å². The van der Waals surface area contributed by atoms with Crippen LogP contribution in [0.4, 0.5) is 4.39 Å². The number of benzene rings is 1. The third-order valence-electron chi connectivity index (χ3n) is 3.65. The Morgan fingerprint density at radius 3 is 2.61 bits per heavy atom. The van der Waals surface area contributed by atoms with Gasteiger partial charge in [-0.15, -0.1) is 0 Å². The molecule has 1 unspecified atom stereocenters. The second-order valence-electron chi connectivity index (χ2n) is 5.00. The van der Waals surface area contributed by atoms with Crippen LogP contribution in [0.25, 0.3) is 0 Å². The molecule has 0 radical (unpaired) electrons. The molecule has 1 aromatic rings. The lowest BCUT2D eigenvalue weighted by molar-refractivity contribution is 0.0327. The molecule has 0 N–H and O–H groups in total. The van der Waals surface area contributed by atoms with Gasteiger partial charge in [-0.1, -0.05) is 60.1 Å². The highest BCUT2D eigenvalue weighted by Crippen LogP contribution is 2.28. The normalized spacial score (nSPS) is 18.8. The van der Waals surface area contributed by atoms with Crippen molar-refractivity contribution in [2.75, 3.05) is 11.0 Å². The van der Waals surface area contributed by atoms with Gasteiger partial charge in [0.2, 0.25) is 0 Å². The first-order valence-electron chi connectivity index (χ1n) is 6.73. The van der Waals surface area contributed by atoms with Gasteiger partial charge in [0.1, 0.15) is 5.82 Å². The largest absolute Gasteiger partial charge is 0.372 e. The van der Waals surface area contributed by atoms with Gasteiger partial charge in [0.15, 0.2) is 0 Å². The van der Waals surface area contributed by atoms with Crippen molar-refractivity contribution in [1.29, 1.82) is 0 Å². The summed E-state index contributed by atoms with van der Waals surface area (Å²) in [4.78, 5) is 0. The fraction of sp³-hybridized carbons (Fsp3) is 0.600. The summed E-state index contributed by atoms with van der Waals surface area (Å²) < 4.78 is 20.5. The van der Waals surface area contributed by atoms with Crippen molar-refractivity contribution in [3.8, 4) is 0 Å². The van der Waals surface area contributed by atoms with Crippen molar-refractivity contribution < 1.29 is 9.13 Å². The molecule has 2 rings (SSSR count). The minimum atomic E-state index is -0.150. The fourth-order valence-corrected chi connectivity index (χ4v) is 3.29. The molecular formula is C15H20FIO. The van der Waals surface area contributed by atoms with Crippen molar-refractivity contribution in [3.63, 3.8) is 0 Å². The van der Waals surface area contributed by atoms with Crippen molar-refractivity contribution in [3.05, 3.63) is 35.6 Å². The van der Waals surface area contributed by atoms with Gasteiger partial charge in [-0.2, -0.15) is 0 Å². The van der Waals surface area contributed by atoms with E-state index in [2.05, 4.69) is 22.6 Å². The van der Waals surface area contributed by atoms with E-state index in [-0.39, 0.29) is 11.9 Å². The molecule has 0 saturated heterocycles. The van der Waals surface area contributed by atoms with Crippen LogP contribution >= 0.6 is 22.6 Å². The minimum Gasteiger partial charge on any atom is -0.372 e. The summed E-state index contributed by atoms with van der Waals surface area (Å²) in [5.74, 6) is 0.527. The van der Waals surface area contributed by atoms with E-state index in [1.165, 1.54) is 38.2 Å². The van der Waals surface area contributed by atoms with E-state index in [0.29, 0.717) is 11.5 Å². The number of alkyl halides is 1. The smallest absolute Gasteiger partial charge is 0.129 e. The quantitative estimate of drug-likeness (QED) is 0.535. The van der Waals surface area contributed by atoms with Crippen molar-refractivity contribution in [2.24, 2.45) is 5.92 Å². The zero-order valence-corrected chi connectivity index (χ0v) is 12.7. The average molecular weight is 362 g/mol. The molecule has 1 fully saturated rings. The summed E-state index contributed by atoms with van der Waals surface area (Å²) in [5, 5.41) is 0. The van der Waals surface area contributed by atoms with Gasteiger partial charge in [-0.05, 0) is 24.8 Å². The van der Waals surface area contributed by atoms with Gasteiger partial charge < -0.3 is 4.74 Å². The van der Waals surface area contributed by atoms with E-state index in [9.17, 15) is 4.39 Å². The van der Waals surface area contributed by atoms with Crippen LogP contribution in [0.15, 0.2) is 24.3 Å². The predicted octanol–water partition coefficient (Wildman–Crippen LogP) is 4.90. The molecule has 1 aliphatic rings. The number of rotatable bonds is 5. The highest BCUT2D eigenvalue weighted by atomic mass is 127. The summed E-state index contributed by atoms with van der Waals surface area (Å²) in [5.41, 5.74) is 0.697. The molecule has 0 amide bonds. The topological polar surface area (TPSA) is 9.23 Å². The van der Waals surface area contributed by atoms with Crippen LogP contribution in [0.3, 0.4) is 0 Å². The van der Waals surface area contributed by atoms with Crippen LogP contribution in [-0.2, 0) is 4.74 Å².